The van der Waals surface area contributed by atoms with Crippen molar-refractivity contribution in [1.29, 1.82) is 0 Å². The summed E-state index contributed by atoms with van der Waals surface area (Å²) in [5, 5.41) is 2.83. The number of benzene rings is 1. The highest BCUT2D eigenvalue weighted by Gasteiger charge is 2.18. The van der Waals surface area contributed by atoms with E-state index in [0.717, 1.165) is 12.2 Å². The van der Waals surface area contributed by atoms with Crippen LogP contribution in [0.2, 0.25) is 0 Å². The van der Waals surface area contributed by atoms with Gasteiger partial charge in [-0.2, -0.15) is 0 Å². The third-order valence-corrected chi connectivity index (χ3v) is 3.12. The molecular weight excluding hydrogens is 298 g/mol. The van der Waals surface area contributed by atoms with Gasteiger partial charge in [-0.25, -0.2) is 9.59 Å². The third kappa shape index (κ3) is 6.78. The fraction of sp³-hybridized carbons (Fsp3) is 0.353. The van der Waals surface area contributed by atoms with E-state index < -0.39 is 11.9 Å². The highest BCUT2D eigenvalue weighted by molar-refractivity contribution is 5.94. The average molecular weight is 319 g/mol. The number of ether oxygens (including phenoxy) is 2. The SMILES string of the molecule is COC(=O)/C=C/C(=O)OC[C@@H](NC(=O)c1ccccc1)C(C)C. The number of hydrogen-bond acceptors (Lipinski definition) is 5. The maximum absolute atomic E-state index is 12.1. The lowest BCUT2D eigenvalue weighted by Gasteiger charge is -2.21. The van der Waals surface area contributed by atoms with Crippen LogP contribution in [0.4, 0.5) is 0 Å². The molecule has 0 aliphatic rings. The predicted molar refractivity (Wildman–Crippen MR) is 84.6 cm³/mol. The molecule has 1 aromatic carbocycles. The highest BCUT2D eigenvalue weighted by atomic mass is 16.5. The van der Waals surface area contributed by atoms with E-state index in [0.29, 0.717) is 5.56 Å². The molecule has 0 bridgehead atoms. The number of nitrogens with one attached hydrogen (secondary N) is 1. The first kappa shape index (κ1) is 18.4. The zero-order valence-electron chi connectivity index (χ0n) is 13.4. The van der Waals surface area contributed by atoms with Gasteiger partial charge in [-0.15, -0.1) is 0 Å². The van der Waals surface area contributed by atoms with Gasteiger partial charge in [0.15, 0.2) is 0 Å². The molecule has 0 aliphatic carbocycles. The summed E-state index contributed by atoms with van der Waals surface area (Å²) in [7, 11) is 1.21. The Bertz CT molecular complexity index is 566. The van der Waals surface area contributed by atoms with Gasteiger partial charge in [-0.3, -0.25) is 4.79 Å². The Morgan fingerprint density at radius 2 is 1.70 bits per heavy atom. The average Bonchev–Trinajstić information content (AvgIpc) is 2.56. The molecule has 0 fully saturated rings. The maximum atomic E-state index is 12.1. The molecule has 1 N–H and O–H groups in total. The molecule has 0 saturated heterocycles. The van der Waals surface area contributed by atoms with E-state index >= 15 is 0 Å². The normalized spacial score (nSPS) is 12.0. The summed E-state index contributed by atoms with van der Waals surface area (Å²) in [4.78, 5) is 34.5. The van der Waals surface area contributed by atoms with Crippen LogP contribution in [0.1, 0.15) is 24.2 Å². The van der Waals surface area contributed by atoms with Crippen molar-refractivity contribution in [3.63, 3.8) is 0 Å². The molecule has 0 aliphatic heterocycles. The first-order chi connectivity index (χ1) is 10.9. The number of amides is 1. The fourth-order valence-electron chi connectivity index (χ4n) is 1.67. The van der Waals surface area contributed by atoms with E-state index in [1.54, 1.807) is 24.3 Å². The summed E-state index contributed by atoms with van der Waals surface area (Å²) in [6.45, 7) is 3.84. The minimum Gasteiger partial charge on any atom is -0.466 e. The van der Waals surface area contributed by atoms with Crippen LogP contribution in [0.5, 0.6) is 0 Å². The molecule has 0 aromatic heterocycles. The third-order valence-electron chi connectivity index (χ3n) is 3.12. The quantitative estimate of drug-likeness (QED) is 0.611. The van der Waals surface area contributed by atoms with Crippen LogP contribution in [0.3, 0.4) is 0 Å². The molecule has 0 unspecified atom stereocenters. The molecule has 6 nitrogen and oxygen atoms in total. The fourth-order valence-corrected chi connectivity index (χ4v) is 1.67. The van der Waals surface area contributed by atoms with Crippen LogP contribution >= 0.6 is 0 Å². The van der Waals surface area contributed by atoms with Crippen LogP contribution in [-0.4, -0.2) is 37.6 Å². The van der Waals surface area contributed by atoms with Crippen LogP contribution in [0.25, 0.3) is 0 Å². The predicted octanol–water partition coefficient (Wildman–Crippen LogP) is 1.71. The summed E-state index contributed by atoms with van der Waals surface area (Å²) in [6, 6.07) is 8.45. The first-order valence-corrected chi connectivity index (χ1v) is 7.22. The van der Waals surface area contributed by atoms with Crippen molar-refractivity contribution in [2.75, 3.05) is 13.7 Å². The van der Waals surface area contributed by atoms with E-state index in [2.05, 4.69) is 10.1 Å². The molecule has 1 atom stereocenters. The molecule has 6 heteroatoms. The van der Waals surface area contributed by atoms with E-state index in [1.165, 1.54) is 7.11 Å². The Balaban J connectivity index is 2.56. The number of carbonyl (C=O) groups excluding carboxylic acids is 3. The Kier molecular flexibility index (Phi) is 7.53. The Morgan fingerprint density at radius 3 is 2.26 bits per heavy atom. The number of methoxy groups -OCH3 is 1. The molecular formula is C17H21NO5. The van der Waals surface area contributed by atoms with Crippen LogP contribution in [-0.2, 0) is 19.1 Å². The van der Waals surface area contributed by atoms with E-state index in [1.807, 2.05) is 19.9 Å². The van der Waals surface area contributed by atoms with Crippen molar-refractivity contribution in [2.45, 2.75) is 19.9 Å². The largest absolute Gasteiger partial charge is 0.466 e. The molecule has 0 heterocycles. The Hall–Kier alpha value is -2.63. The van der Waals surface area contributed by atoms with Crippen molar-refractivity contribution < 1.29 is 23.9 Å². The number of esters is 2. The monoisotopic (exact) mass is 319 g/mol. The lowest BCUT2D eigenvalue weighted by molar-refractivity contribution is -0.140. The Morgan fingerprint density at radius 1 is 1.09 bits per heavy atom. The number of rotatable bonds is 7. The summed E-state index contributed by atoms with van der Waals surface area (Å²) in [5.41, 5.74) is 0.537. The molecule has 1 amide bonds. The molecule has 1 aromatic rings. The van der Waals surface area contributed by atoms with Gasteiger partial charge in [0, 0.05) is 17.7 Å². The number of carbonyl (C=O) groups is 3. The smallest absolute Gasteiger partial charge is 0.331 e. The second kappa shape index (κ2) is 9.40. The van der Waals surface area contributed by atoms with E-state index in [4.69, 9.17) is 4.74 Å². The van der Waals surface area contributed by atoms with Crippen LogP contribution in [0, 0.1) is 5.92 Å². The number of hydrogen-bond donors (Lipinski definition) is 1. The van der Waals surface area contributed by atoms with Crippen molar-refractivity contribution in [2.24, 2.45) is 5.92 Å². The summed E-state index contributed by atoms with van der Waals surface area (Å²) in [5.74, 6) is -1.47. The van der Waals surface area contributed by atoms with Crippen molar-refractivity contribution >= 4 is 17.8 Å². The van der Waals surface area contributed by atoms with Gasteiger partial charge in [-0.05, 0) is 18.1 Å². The Labute approximate surface area is 135 Å². The van der Waals surface area contributed by atoms with Crippen molar-refractivity contribution in [1.82, 2.24) is 5.32 Å². The summed E-state index contributed by atoms with van der Waals surface area (Å²) >= 11 is 0. The van der Waals surface area contributed by atoms with Gasteiger partial charge < -0.3 is 14.8 Å². The molecule has 23 heavy (non-hydrogen) atoms. The zero-order chi connectivity index (χ0) is 17.2. The van der Waals surface area contributed by atoms with Gasteiger partial charge in [0.25, 0.3) is 5.91 Å². The lowest BCUT2D eigenvalue weighted by atomic mass is 10.0. The minimum atomic E-state index is -0.671. The second-order valence-electron chi connectivity index (χ2n) is 5.18. The minimum absolute atomic E-state index is 0.0145. The first-order valence-electron chi connectivity index (χ1n) is 7.22. The summed E-state index contributed by atoms with van der Waals surface area (Å²) < 4.78 is 9.42. The molecule has 0 spiro atoms. The van der Waals surface area contributed by atoms with E-state index in [9.17, 15) is 14.4 Å². The van der Waals surface area contributed by atoms with Crippen LogP contribution < -0.4 is 5.32 Å². The van der Waals surface area contributed by atoms with Gasteiger partial charge in [-0.1, -0.05) is 32.0 Å². The standard InChI is InChI=1S/C17H21NO5/c1-12(2)14(11-23-16(20)10-9-15(19)22-3)18-17(21)13-7-5-4-6-8-13/h4-10,12,14H,11H2,1-3H3,(H,18,21)/b10-9+/t14-/m1/s1. The van der Waals surface area contributed by atoms with Crippen molar-refractivity contribution in [3.05, 3.63) is 48.0 Å². The van der Waals surface area contributed by atoms with Gasteiger partial charge >= 0.3 is 11.9 Å². The van der Waals surface area contributed by atoms with Gasteiger partial charge in [0.1, 0.15) is 6.61 Å². The zero-order valence-corrected chi connectivity index (χ0v) is 13.4. The molecule has 124 valence electrons. The van der Waals surface area contributed by atoms with Gasteiger partial charge in [0.2, 0.25) is 0 Å². The highest BCUT2D eigenvalue weighted by Crippen LogP contribution is 2.06. The molecule has 1 rings (SSSR count). The lowest BCUT2D eigenvalue weighted by Crippen LogP contribution is -2.42. The summed E-state index contributed by atoms with van der Waals surface area (Å²) in [6.07, 6.45) is 1.97. The van der Waals surface area contributed by atoms with Crippen molar-refractivity contribution in [3.8, 4) is 0 Å². The topological polar surface area (TPSA) is 81.7 Å². The molecule has 0 saturated carbocycles. The second-order valence-corrected chi connectivity index (χ2v) is 5.18. The maximum Gasteiger partial charge on any atom is 0.331 e. The molecule has 0 radical (unpaired) electrons. The van der Waals surface area contributed by atoms with Crippen LogP contribution in [0.15, 0.2) is 42.5 Å². The van der Waals surface area contributed by atoms with Gasteiger partial charge in [0.05, 0.1) is 13.2 Å². The van der Waals surface area contributed by atoms with E-state index in [-0.39, 0.29) is 24.5 Å².